The summed E-state index contributed by atoms with van der Waals surface area (Å²) in [6, 6.07) is 0. The zero-order valence-electron chi connectivity index (χ0n) is 11.3. The molecule has 0 amide bonds. The van der Waals surface area contributed by atoms with Crippen molar-refractivity contribution in [2.45, 2.75) is 0 Å². The summed E-state index contributed by atoms with van der Waals surface area (Å²) in [4.78, 5) is 31.2. The summed E-state index contributed by atoms with van der Waals surface area (Å²) in [7, 11) is 0. The molecule has 0 atom stereocenters. The molecule has 0 bridgehead atoms. The van der Waals surface area contributed by atoms with Crippen molar-refractivity contribution < 1.29 is 63.5 Å². The first kappa shape index (κ1) is 20.5. The number of nitrogens with zero attached hydrogens (tertiary/aromatic N) is 1. The van der Waals surface area contributed by atoms with E-state index in [-0.39, 0.29) is 56.9 Å². The summed E-state index contributed by atoms with van der Waals surface area (Å²) < 4.78 is 0. The second-order valence-corrected chi connectivity index (χ2v) is 2.33. The van der Waals surface area contributed by atoms with Crippen molar-refractivity contribution in [3.8, 4) is 0 Å². The molecule has 0 rings (SSSR count). The van der Waals surface area contributed by atoms with Crippen molar-refractivity contribution >= 4 is 41.0 Å². The summed E-state index contributed by atoms with van der Waals surface area (Å²) in [5, 5.41) is 24.8. The Morgan fingerprint density at radius 1 is 0.867 bits per heavy atom. The maximum atomic E-state index is 10.1. The first-order valence-electron chi connectivity index (χ1n) is 3.29. The molecule has 0 fully saturated rings. The van der Waals surface area contributed by atoms with Gasteiger partial charge in [-0.15, -0.1) is 0 Å². The van der Waals surface area contributed by atoms with Gasteiger partial charge in [0.15, 0.2) is 0 Å². The van der Waals surface area contributed by atoms with E-state index in [0.717, 1.165) is 4.90 Å². The van der Waals surface area contributed by atoms with E-state index in [0.29, 0.717) is 0 Å². The topological polar surface area (TPSA) is 115 Å². The molecular formula is C6H12MgNNaO6. The first-order valence-corrected chi connectivity index (χ1v) is 3.29. The zero-order chi connectivity index (χ0) is 10.4. The predicted molar refractivity (Wildman–Crippen MR) is 48.4 cm³/mol. The average Bonchev–Trinajstić information content (AvgIpc) is 1.80. The smallest absolute Gasteiger partial charge is 1.00 e. The van der Waals surface area contributed by atoms with Crippen molar-refractivity contribution in [1.29, 1.82) is 0 Å². The zero-order valence-corrected chi connectivity index (χ0v) is 11.8. The third-order valence-corrected chi connectivity index (χ3v) is 1.08. The number of carbonyl (C=O) groups is 3. The van der Waals surface area contributed by atoms with E-state index in [4.69, 9.17) is 15.3 Å². The molecule has 0 aliphatic rings. The van der Waals surface area contributed by atoms with Gasteiger partial charge in [-0.1, -0.05) is 0 Å². The summed E-state index contributed by atoms with van der Waals surface area (Å²) in [6.07, 6.45) is 0. The Hall–Kier alpha value is 0.136. The van der Waals surface area contributed by atoms with Gasteiger partial charge in [-0.05, 0) is 0 Å². The maximum absolute atomic E-state index is 10.1. The van der Waals surface area contributed by atoms with Crippen LogP contribution in [0.5, 0.6) is 0 Å². The van der Waals surface area contributed by atoms with E-state index in [2.05, 4.69) is 0 Å². The molecule has 0 aromatic heterocycles. The molecule has 0 aliphatic carbocycles. The Labute approximate surface area is 128 Å². The van der Waals surface area contributed by atoms with Gasteiger partial charge in [-0.25, -0.2) is 0 Å². The van der Waals surface area contributed by atoms with Crippen molar-refractivity contribution in [3.63, 3.8) is 0 Å². The third-order valence-electron chi connectivity index (χ3n) is 1.08. The molecule has 0 heterocycles. The van der Waals surface area contributed by atoms with Crippen molar-refractivity contribution in [2.24, 2.45) is 0 Å². The van der Waals surface area contributed by atoms with Crippen molar-refractivity contribution in [3.05, 3.63) is 0 Å². The maximum Gasteiger partial charge on any atom is 2.00 e. The molecule has 0 aliphatic heterocycles. The summed E-state index contributed by atoms with van der Waals surface area (Å²) in [5.41, 5.74) is 0. The molecular weight excluding hydrogens is 229 g/mol. The second-order valence-electron chi connectivity index (χ2n) is 2.33. The Kier molecular flexibility index (Phi) is 14.6. The van der Waals surface area contributed by atoms with Gasteiger partial charge in [-0.2, -0.15) is 0 Å². The van der Waals surface area contributed by atoms with Crippen LogP contribution < -0.4 is 29.6 Å². The Balaban J connectivity index is -0.0000000720. The fraction of sp³-hybridized carbons (Fsp3) is 0.500. The average molecular weight is 241 g/mol. The molecule has 9 heteroatoms. The van der Waals surface area contributed by atoms with Crippen LogP contribution in [0, 0.1) is 0 Å². The molecule has 0 saturated carbocycles. The number of hydrogen-bond acceptors (Lipinski definition) is 4. The fourth-order valence-corrected chi connectivity index (χ4v) is 0.742. The second kappa shape index (κ2) is 10.6. The molecule has 3 N–H and O–H groups in total. The molecule has 0 aromatic carbocycles. The number of aliphatic carboxylic acids is 3. The molecule has 0 radical (unpaired) electrons. The van der Waals surface area contributed by atoms with Crippen LogP contribution in [0.2, 0.25) is 0 Å². The van der Waals surface area contributed by atoms with E-state index in [1.807, 2.05) is 0 Å². The van der Waals surface area contributed by atoms with Gasteiger partial charge in [0.05, 0.1) is 19.6 Å². The van der Waals surface area contributed by atoms with Crippen LogP contribution >= 0.6 is 0 Å². The normalized spacial score (nSPS) is 8.60. The van der Waals surface area contributed by atoms with Gasteiger partial charge < -0.3 is 19.6 Å². The minimum atomic E-state index is -1.26. The van der Waals surface area contributed by atoms with Crippen LogP contribution in [0.3, 0.4) is 0 Å². The summed E-state index contributed by atoms with van der Waals surface area (Å²) in [5.74, 6) is -3.78. The number of rotatable bonds is 6. The molecule has 0 unspecified atom stereocenters. The number of carboxylic acids is 3. The van der Waals surface area contributed by atoms with E-state index in [1.54, 1.807) is 0 Å². The SMILES string of the molecule is O=C(O)CN(CC(=O)O)CC(=O)O.[H-].[H-].[H-].[Mg+2].[Na+]. The van der Waals surface area contributed by atoms with Crippen LogP contribution in [-0.4, -0.2) is 80.8 Å². The Bertz CT molecular complexity index is 209. The van der Waals surface area contributed by atoms with Crippen LogP contribution in [0.15, 0.2) is 0 Å². The minimum absolute atomic E-state index is 0. The molecule has 80 valence electrons. The first-order chi connectivity index (χ1) is 5.91. The van der Waals surface area contributed by atoms with E-state index in [9.17, 15) is 14.4 Å². The van der Waals surface area contributed by atoms with Gasteiger partial charge in [0.2, 0.25) is 0 Å². The van der Waals surface area contributed by atoms with Gasteiger partial charge in [0.1, 0.15) is 0 Å². The Morgan fingerprint density at radius 3 is 1.20 bits per heavy atom. The van der Waals surface area contributed by atoms with Crippen LogP contribution in [0.25, 0.3) is 0 Å². The van der Waals surface area contributed by atoms with Gasteiger partial charge in [0, 0.05) is 0 Å². The minimum Gasteiger partial charge on any atom is -1.00 e. The fourth-order valence-electron chi connectivity index (χ4n) is 0.742. The largest absolute Gasteiger partial charge is 2.00 e. The van der Waals surface area contributed by atoms with Gasteiger partial charge in [0.25, 0.3) is 0 Å². The predicted octanol–water partition coefficient (Wildman–Crippen LogP) is -4.50. The van der Waals surface area contributed by atoms with Crippen LogP contribution in [-0.2, 0) is 14.4 Å². The third kappa shape index (κ3) is 14.1. The summed E-state index contributed by atoms with van der Waals surface area (Å²) in [6.45, 7) is -1.80. The molecule has 7 nitrogen and oxygen atoms in total. The molecule has 0 aromatic rings. The molecule has 0 spiro atoms. The van der Waals surface area contributed by atoms with E-state index in [1.165, 1.54) is 0 Å². The number of hydrogen-bond donors (Lipinski definition) is 3. The quantitative estimate of drug-likeness (QED) is 0.401. The standard InChI is InChI=1S/C6H9NO6.Mg.Na.3H/c8-4(9)1-7(2-5(10)11)3-6(12)13;;;;;/h1-3H2,(H,8,9)(H,10,11)(H,12,13);;;;;/q;+2;+1;3*-1. The monoisotopic (exact) mass is 241 g/mol. The molecule has 15 heavy (non-hydrogen) atoms. The van der Waals surface area contributed by atoms with E-state index >= 15 is 0 Å². The van der Waals surface area contributed by atoms with Crippen LogP contribution in [0.4, 0.5) is 0 Å². The van der Waals surface area contributed by atoms with Crippen molar-refractivity contribution in [1.82, 2.24) is 4.90 Å². The molecule has 0 saturated heterocycles. The number of carboxylic acid groups (broad SMARTS) is 3. The Morgan fingerprint density at radius 2 is 1.07 bits per heavy atom. The summed E-state index contributed by atoms with van der Waals surface area (Å²) >= 11 is 0. The van der Waals surface area contributed by atoms with Crippen molar-refractivity contribution in [2.75, 3.05) is 19.6 Å². The van der Waals surface area contributed by atoms with Gasteiger partial charge in [-0.3, -0.25) is 19.3 Å². The van der Waals surface area contributed by atoms with Gasteiger partial charge >= 0.3 is 70.5 Å². The van der Waals surface area contributed by atoms with E-state index < -0.39 is 37.5 Å². The van der Waals surface area contributed by atoms with Crippen LogP contribution in [0.1, 0.15) is 4.28 Å².